The number of carbonyl (C=O) groups is 2. The van der Waals surface area contributed by atoms with Gasteiger partial charge in [0.05, 0.1) is 23.7 Å². The van der Waals surface area contributed by atoms with Crippen LogP contribution >= 0.6 is 0 Å². The third-order valence-electron chi connectivity index (χ3n) is 4.75. The lowest BCUT2D eigenvalue weighted by atomic mass is 10.2. The first-order valence-corrected chi connectivity index (χ1v) is 9.20. The normalized spacial score (nSPS) is 14.0. The van der Waals surface area contributed by atoms with Gasteiger partial charge in [-0.25, -0.2) is 4.39 Å². The highest BCUT2D eigenvalue weighted by atomic mass is 19.1. The Kier molecular flexibility index (Phi) is 5.24. The van der Waals surface area contributed by atoms with Gasteiger partial charge in [-0.3, -0.25) is 14.6 Å². The number of benzene rings is 1. The molecule has 0 spiro atoms. The summed E-state index contributed by atoms with van der Waals surface area (Å²) in [5.41, 5.74) is 1.72. The van der Waals surface area contributed by atoms with E-state index in [0.717, 1.165) is 5.69 Å². The monoisotopic (exact) mass is 394 g/mol. The Hall–Kier alpha value is -3.68. The summed E-state index contributed by atoms with van der Waals surface area (Å²) in [6.45, 7) is 2.34. The number of furan rings is 1. The van der Waals surface area contributed by atoms with Gasteiger partial charge in [0.1, 0.15) is 5.82 Å². The fraction of sp³-hybridized carbons (Fsp3) is 0.190. The van der Waals surface area contributed by atoms with Gasteiger partial charge in [0.15, 0.2) is 5.76 Å². The second-order valence-electron chi connectivity index (χ2n) is 6.65. The zero-order valence-corrected chi connectivity index (χ0v) is 15.5. The van der Waals surface area contributed by atoms with Crippen molar-refractivity contribution in [3.8, 4) is 0 Å². The van der Waals surface area contributed by atoms with Crippen molar-refractivity contribution < 1.29 is 18.4 Å². The maximum atomic E-state index is 13.0. The summed E-state index contributed by atoms with van der Waals surface area (Å²) in [4.78, 5) is 32.8. The highest BCUT2D eigenvalue weighted by Gasteiger charge is 2.24. The molecule has 2 amide bonds. The molecule has 2 aromatic heterocycles. The lowest BCUT2D eigenvalue weighted by Gasteiger charge is -2.35. The molecular weight excluding hydrogens is 375 g/mol. The molecule has 29 heavy (non-hydrogen) atoms. The van der Waals surface area contributed by atoms with E-state index in [1.807, 2.05) is 0 Å². The Bertz CT molecular complexity index is 997. The number of pyridine rings is 1. The molecule has 0 radical (unpaired) electrons. The molecule has 148 valence electrons. The number of amides is 2. The largest absolute Gasteiger partial charge is 0.459 e. The number of halogens is 1. The Morgan fingerprint density at radius 2 is 1.79 bits per heavy atom. The van der Waals surface area contributed by atoms with E-state index in [2.05, 4.69) is 15.2 Å². The third kappa shape index (κ3) is 4.26. The van der Waals surface area contributed by atoms with Gasteiger partial charge in [0, 0.05) is 38.1 Å². The molecule has 1 N–H and O–H groups in total. The summed E-state index contributed by atoms with van der Waals surface area (Å²) >= 11 is 0. The first kappa shape index (κ1) is 18.7. The van der Waals surface area contributed by atoms with Gasteiger partial charge in [-0.2, -0.15) is 0 Å². The van der Waals surface area contributed by atoms with E-state index in [1.54, 1.807) is 29.3 Å². The van der Waals surface area contributed by atoms with E-state index in [0.29, 0.717) is 43.2 Å². The van der Waals surface area contributed by atoms with Gasteiger partial charge in [0.25, 0.3) is 11.8 Å². The second kappa shape index (κ2) is 8.14. The van der Waals surface area contributed by atoms with E-state index < -0.39 is 0 Å². The summed E-state index contributed by atoms with van der Waals surface area (Å²) in [6.07, 6.45) is 4.66. The summed E-state index contributed by atoms with van der Waals surface area (Å²) in [5, 5.41) is 2.73. The lowest BCUT2D eigenvalue weighted by Crippen LogP contribution is -2.48. The van der Waals surface area contributed by atoms with Crippen LogP contribution in [0.15, 0.2) is 65.5 Å². The van der Waals surface area contributed by atoms with Crippen LogP contribution in [0.4, 0.5) is 15.8 Å². The molecule has 0 bridgehead atoms. The minimum absolute atomic E-state index is 0.125. The van der Waals surface area contributed by atoms with Crippen molar-refractivity contribution in [2.75, 3.05) is 36.4 Å². The molecule has 8 heteroatoms. The maximum absolute atomic E-state index is 13.0. The number of hydrogen-bond acceptors (Lipinski definition) is 5. The van der Waals surface area contributed by atoms with Crippen LogP contribution in [0.3, 0.4) is 0 Å². The fourth-order valence-corrected chi connectivity index (χ4v) is 3.19. The number of nitrogens with one attached hydrogen (secondary N) is 1. The van der Waals surface area contributed by atoms with Crippen molar-refractivity contribution >= 4 is 23.2 Å². The smallest absolute Gasteiger partial charge is 0.289 e. The predicted molar refractivity (Wildman–Crippen MR) is 105 cm³/mol. The lowest BCUT2D eigenvalue weighted by molar-refractivity contribution is 0.0714. The van der Waals surface area contributed by atoms with Crippen LogP contribution < -0.4 is 10.2 Å². The molecule has 1 aliphatic heterocycles. The van der Waals surface area contributed by atoms with Crippen LogP contribution in [0.25, 0.3) is 0 Å². The predicted octanol–water partition coefficient (Wildman–Crippen LogP) is 3.03. The van der Waals surface area contributed by atoms with Crippen molar-refractivity contribution in [1.82, 2.24) is 9.88 Å². The van der Waals surface area contributed by atoms with E-state index in [1.165, 1.54) is 36.7 Å². The molecule has 0 saturated carbocycles. The van der Waals surface area contributed by atoms with Gasteiger partial charge < -0.3 is 19.5 Å². The Morgan fingerprint density at radius 1 is 1.03 bits per heavy atom. The number of anilines is 2. The van der Waals surface area contributed by atoms with Gasteiger partial charge in [-0.05, 0) is 42.5 Å². The summed E-state index contributed by atoms with van der Waals surface area (Å²) in [7, 11) is 0. The first-order chi connectivity index (χ1) is 14.1. The van der Waals surface area contributed by atoms with Gasteiger partial charge in [-0.15, -0.1) is 0 Å². The van der Waals surface area contributed by atoms with E-state index in [4.69, 9.17) is 4.42 Å². The average Bonchev–Trinajstić information content (AvgIpc) is 3.30. The SMILES string of the molecule is O=C(Nc1ccc(F)cc1)c1cncc(N2CCN(C(=O)c3ccco3)CC2)c1. The van der Waals surface area contributed by atoms with Crippen molar-refractivity contribution in [2.45, 2.75) is 0 Å². The number of piperazine rings is 1. The van der Waals surface area contributed by atoms with Crippen molar-refractivity contribution in [1.29, 1.82) is 0 Å². The van der Waals surface area contributed by atoms with Crippen LogP contribution in [-0.4, -0.2) is 47.9 Å². The van der Waals surface area contributed by atoms with Crippen molar-refractivity contribution in [3.63, 3.8) is 0 Å². The number of carbonyl (C=O) groups excluding carboxylic acids is 2. The standard InChI is InChI=1S/C21H19FN4O3/c22-16-3-5-17(6-4-16)24-20(27)15-12-18(14-23-13-15)25-7-9-26(10-8-25)21(28)19-2-1-11-29-19/h1-6,11-14H,7-10H2,(H,24,27). The van der Waals surface area contributed by atoms with Crippen molar-refractivity contribution in [3.05, 3.63) is 78.3 Å². The number of rotatable bonds is 4. The molecule has 0 atom stereocenters. The Balaban J connectivity index is 1.39. The van der Waals surface area contributed by atoms with Gasteiger partial charge >= 0.3 is 0 Å². The Labute approximate surface area is 166 Å². The molecule has 1 fully saturated rings. The molecule has 4 rings (SSSR count). The molecule has 3 aromatic rings. The molecule has 0 aliphatic carbocycles. The first-order valence-electron chi connectivity index (χ1n) is 9.20. The minimum Gasteiger partial charge on any atom is -0.459 e. The average molecular weight is 394 g/mol. The number of nitrogens with zero attached hydrogens (tertiary/aromatic N) is 3. The molecule has 1 saturated heterocycles. The topological polar surface area (TPSA) is 78.7 Å². The van der Waals surface area contributed by atoms with Crippen molar-refractivity contribution in [2.24, 2.45) is 0 Å². The van der Waals surface area contributed by atoms with Crippen LogP contribution in [0.1, 0.15) is 20.9 Å². The van der Waals surface area contributed by atoms with Crippen LogP contribution in [0, 0.1) is 5.82 Å². The van der Waals surface area contributed by atoms with Gasteiger partial charge in [0.2, 0.25) is 0 Å². The molecule has 1 aliphatic rings. The van der Waals surface area contributed by atoms with Crippen LogP contribution in [0.2, 0.25) is 0 Å². The van der Waals surface area contributed by atoms with Gasteiger partial charge in [-0.1, -0.05) is 0 Å². The highest BCUT2D eigenvalue weighted by molar-refractivity contribution is 6.04. The number of hydrogen-bond donors (Lipinski definition) is 1. The van der Waals surface area contributed by atoms with Crippen LogP contribution in [0.5, 0.6) is 0 Å². The summed E-state index contributed by atoms with van der Waals surface area (Å²) < 4.78 is 18.2. The summed E-state index contributed by atoms with van der Waals surface area (Å²) in [5.74, 6) is -0.478. The molecule has 3 heterocycles. The second-order valence-corrected chi connectivity index (χ2v) is 6.65. The molecule has 1 aromatic carbocycles. The molecular formula is C21H19FN4O3. The fourth-order valence-electron chi connectivity index (χ4n) is 3.19. The molecule has 0 unspecified atom stereocenters. The third-order valence-corrected chi connectivity index (χ3v) is 4.75. The zero-order valence-electron chi connectivity index (χ0n) is 15.5. The minimum atomic E-state index is -0.365. The van der Waals surface area contributed by atoms with E-state index in [9.17, 15) is 14.0 Å². The van der Waals surface area contributed by atoms with E-state index in [-0.39, 0.29) is 17.6 Å². The van der Waals surface area contributed by atoms with E-state index >= 15 is 0 Å². The summed E-state index contributed by atoms with van der Waals surface area (Å²) in [6, 6.07) is 10.7. The number of aromatic nitrogens is 1. The highest BCUT2D eigenvalue weighted by Crippen LogP contribution is 2.19. The Morgan fingerprint density at radius 3 is 2.48 bits per heavy atom. The van der Waals surface area contributed by atoms with Crippen LogP contribution in [-0.2, 0) is 0 Å². The maximum Gasteiger partial charge on any atom is 0.289 e. The quantitative estimate of drug-likeness (QED) is 0.736. The molecule has 7 nitrogen and oxygen atoms in total. The zero-order chi connectivity index (χ0) is 20.2.